The maximum absolute atomic E-state index is 4.37. The van der Waals surface area contributed by atoms with E-state index in [9.17, 15) is 0 Å². The number of aryl methyl sites for hydroxylation is 1. The molecule has 1 aliphatic heterocycles. The molecule has 1 atom stereocenters. The van der Waals surface area contributed by atoms with Crippen molar-refractivity contribution >= 4 is 21.7 Å². The van der Waals surface area contributed by atoms with Crippen molar-refractivity contribution in [2.24, 2.45) is 0 Å². The smallest absolute Gasteiger partial charge is 0.132 e. The summed E-state index contributed by atoms with van der Waals surface area (Å²) in [6.45, 7) is 4.35. The van der Waals surface area contributed by atoms with Crippen LogP contribution in [0.4, 0.5) is 5.82 Å². The fraction of sp³-hybridized carbons (Fsp3) is 0.667. The molecule has 0 aromatic carbocycles. The summed E-state index contributed by atoms with van der Waals surface area (Å²) in [5, 5.41) is 0. The van der Waals surface area contributed by atoms with E-state index in [0.717, 1.165) is 37.4 Å². The number of piperidine rings is 1. The fourth-order valence-corrected chi connectivity index (χ4v) is 2.76. The van der Waals surface area contributed by atoms with E-state index in [1.54, 1.807) is 6.33 Å². The van der Waals surface area contributed by atoms with Crippen LogP contribution in [0.2, 0.25) is 0 Å². The Morgan fingerprint density at radius 3 is 3.12 bits per heavy atom. The van der Waals surface area contributed by atoms with Gasteiger partial charge in [-0.3, -0.25) is 0 Å². The van der Waals surface area contributed by atoms with Crippen molar-refractivity contribution in [3.05, 3.63) is 18.1 Å². The Hall–Kier alpha value is -0.640. The maximum atomic E-state index is 4.37. The Balaban J connectivity index is 2.09. The van der Waals surface area contributed by atoms with Crippen LogP contribution in [0.5, 0.6) is 0 Å². The molecule has 1 aliphatic rings. The third kappa shape index (κ3) is 2.94. The van der Waals surface area contributed by atoms with Gasteiger partial charge in [0.1, 0.15) is 12.1 Å². The lowest BCUT2D eigenvalue weighted by Gasteiger charge is -2.30. The minimum Gasteiger partial charge on any atom is -0.355 e. The Morgan fingerprint density at radius 2 is 2.38 bits per heavy atom. The second kappa shape index (κ2) is 5.62. The van der Waals surface area contributed by atoms with Gasteiger partial charge >= 0.3 is 0 Å². The van der Waals surface area contributed by atoms with E-state index in [0.29, 0.717) is 4.83 Å². The Morgan fingerprint density at radius 1 is 1.50 bits per heavy atom. The van der Waals surface area contributed by atoms with Gasteiger partial charge in [-0.05, 0) is 19.3 Å². The summed E-state index contributed by atoms with van der Waals surface area (Å²) in [6, 6.07) is 2.13. The Bertz CT molecular complexity index is 343. The molecule has 1 fully saturated rings. The maximum Gasteiger partial charge on any atom is 0.132 e. The van der Waals surface area contributed by atoms with Crippen molar-refractivity contribution in [2.75, 3.05) is 18.0 Å². The van der Waals surface area contributed by atoms with Gasteiger partial charge in [-0.1, -0.05) is 29.3 Å². The molecule has 1 saturated heterocycles. The van der Waals surface area contributed by atoms with Gasteiger partial charge in [-0.15, -0.1) is 0 Å². The van der Waals surface area contributed by atoms with E-state index in [1.807, 2.05) is 0 Å². The van der Waals surface area contributed by atoms with Gasteiger partial charge in [0.25, 0.3) is 0 Å². The highest BCUT2D eigenvalue weighted by Crippen LogP contribution is 2.21. The SMILES string of the molecule is CCCc1cc(N2CCCC(Br)C2)ncn1. The van der Waals surface area contributed by atoms with Crippen LogP contribution < -0.4 is 4.90 Å². The molecule has 0 amide bonds. The van der Waals surface area contributed by atoms with Crippen LogP contribution in [0.15, 0.2) is 12.4 Å². The monoisotopic (exact) mass is 283 g/mol. The van der Waals surface area contributed by atoms with Gasteiger partial charge in [-0.25, -0.2) is 9.97 Å². The quantitative estimate of drug-likeness (QED) is 0.799. The summed E-state index contributed by atoms with van der Waals surface area (Å²) in [5.74, 6) is 1.09. The van der Waals surface area contributed by atoms with E-state index in [2.05, 4.69) is 43.8 Å². The molecule has 1 aromatic rings. The largest absolute Gasteiger partial charge is 0.355 e. The summed E-state index contributed by atoms with van der Waals surface area (Å²) < 4.78 is 0. The van der Waals surface area contributed by atoms with Crippen LogP contribution in [0.1, 0.15) is 31.9 Å². The summed E-state index contributed by atoms with van der Waals surface area (Å²) in [4.78, 5) is 11.6. The molecule has 1 unspecified atom stereocenters. The highest BCUT2D eigenvalue weighted by atomic mass is 79.9. The first-order valence-corrected chi connectivity index (χ1v) is 6.91. The van der Waals surface area contributed by atoms with Crippen LogP contribution in [-0.2, 0) is 6.42 Å². The average molecular weight is 284 g/mol. The second-order valence-corrected chi connectivity index (χ2v) is 5.60. The second-order valence-electron chi connectivity index (χ2n) is 4.30. The third-order valence-electron chi connectivity index (χ3n) is 2.90. The Labute approximate surface area is 105 Å². The van der Waals surface area contributed by atoms with Crippen LogP contribution in [0.25, 0.3) is 0 Å². The molecular formula is C12H18BrN3. The third-order valence-corrected chi connectivity index (χ3v) is 3.65. The molecular weight excluding hydrogens is 266 g/mol. The summed E-state index contributed by atoms with van der Waals surface area (Å²) in [7, 11) is 0. The number of hydrogen-bond acceptors (Lipinski definition) is 3. The normalized spacial score (nSPS) is 21.1. The summed E-state index contributed by atoms with van der Waals surface area (Å²) in [6.07, 6.45) is 6.38. The minimum absolute atomic E-state index is 0.603. The van der Waals surface area contributed by atoms with Crippen LogP contribution in [-0.4, -0.2) is 27.9 Å². The molecule has 4 heteroatoms. The number of rotatable bonds is 3. The van der Waals surface area contributed by atoms with Gasteiger partial charge < -0.3 is 4.90 Å². The topological polar surface area (TPSA) is 29.0 Å². The van der Waals surface area contributed by atoms with Gasteiger partial charge in [0, 0.05) is 29.7 Å². The number of aromatic nitrogens is 2. The fourth-order valence-electron chi connectivity index (χ4n) is 2.08. The van der Waals surface area contributed by atoms with Gasteiger partial charge in [0.2, 0.25) is 0 Å². The first-order valence-electron chi connectivity index (χ1n) is 5.99. The molecule has 1 aromatic heterocycles. The van der Waals surface area contributed by atoms with E-state index in [-0.39, 0.29) is 0 Å². The van der Waals surface area contributed by atoms with Crippen LogP contribution in [0, 0.1) is 0 Å². The van der Waals surface area contributed by atoms with Crippen molar-refractivity contribution in [1.29, 1.82) is 0 Å². The lowest BCUT2D eigenvalue weighted by Crippen LogP contribution is -2.36. The van der Waals surface area contributed by atoms with E-state index in [1.165, 1.54) is 12.8 Å². The molecule has 0 aliphatic carbocycles. The highest BCUT2D eigenvalue weighted by Gasteiger charge is 2.18. The van der Waals surface area contributed by atoms with Crippen LogP contribution >= 0.6 is 15.9 Å². The summed E-state index contributed by atoms with van der Waals surface area (Å²) >= 11 is 3.69. The summed E-state index contributed by atoms with van der Waals surface area (Å²) in [5.41, 5.74) is 1.16. The Kier molecular flexibility index (Phi) is 4.16. The van der Waals surface area contributed by atoms with Crippen molar-refractivity contribution < 1.29 is 0 Å². The molecule has 88 valence electrons. The van der Waals surface area contributed by atoms with Crippen LogP contribution in [0.3, 0.4) is 0 Å². The van der Waals surface area contributed by atoms with Gasteiger partial charge in [0.15, 0.2) is 0 Å². The minimum atomic E-state index is 0.603. The first kappa shape index (κ1) is 11.8. The van der Waals surface area contributed by atoms with Gasteiger partial charge in [0.05, 0.1) is 0 Å². The van der Waals surface area contributed by atoms with Crippen molar-refractivity contribution in [3.63, 3.8) is 0 Å². The lowest BCUT2D eigenvalue weighted by molar-refractivity contribution is 0.590. The van der Waals surface area contributed by atoms with E-state index >= 15 is 0 Å². The zero-order valence-electron chi connectivity index (χ0n) is 9.69. The van der Waals surface area contributed by atoms with Gasteiger partial charge in [-0.2, -0.15) is 0 Å². The molecule has 2 rings (SSSR count). The molecule has 0 spiro atoms. The number of nitrogens with zero attached hydrogens (tertiary/aromatic N) is 3. The number of hydrogen-bond donors (Lipinski definition) is 0. The molecule has 0 radical (unpaired) electrons. The molecule has 16 heavy (non-hydrogen) atoms. The predicted molar refractivity (Wildman–Crippen MR) is 70.2 cm³/mol. The molecule has 0 bridgehead atoms. The molecule has 2 heterocycles. The standard InChI is InChI=1S/C12H18BrN3/c1-2-4-11-7-12(15-9-14-11)16-6-3-5-10(13)8-16/h7,9-10H,2-6,8H2,1H3. The average Bonchev–Trinajstić information content (AvgIpc) is 2.30. The zero-order chi connectivity index (χ0) is 11.4. The highest BCUT2D eigenvalue weighted by molar-refractivity contribution is 9.09. The van der Waals surface area contributed by atoms with Crippen molar-refractivity contribution in [2.45, 2.75) is 37.4 Å². The van der Waals surface area contributed by atoms with Crippen molar-refractivity contribution in [3.8, 4) is 0 Å². The van der Waals surface area contributed by atoms with E-state index in [4.69, 9.17) is 0 Å². The predicted octanol–water partition coefficient (Wildman–Crippen LogP) is 2.79. The molecule has 3 nitrogen and oxygen atoms in total. The molecule has 0 N–H and O–H groups in total. The lowest BCUT2D eigenvalue weighted by atomic mass is 10.1. The number of alkyl halides is 1. The number of halogens is 1. The molecule has 0 saturated carbocycles. The van der Waals surface area contributed by atoms with E-state index < -0.39 is 0 Å². The van der Waals surface area contributed by atoms with Crippen molar-refractivity contribution in [1.82, 2.24) is 9.97 Å². The zero-order valence-corrected chi connectivity index (χ0v) is 11.3. The number of anilines is 1. The first-order chi connectivity index (χ1) is 7.79.